The van der Waals surface area contributed by atoms with Crippen molar-refractivity contribution in [2.24, 2.45) is 10.7 Å². The van der Waals surface area contributed by atoms with Gasteiger partial charge in [-0.05, 0) is 30.0 Å². The van der Waals surface area contributed by atoms with Crippen LogP contribution in [0.1, 0.15) is 10.8 Å². The minimum atomic E-state index is 0.228. The van der Waals surface area contributed by atoms with E-state index >= 15 is 0 Å². The molecule has 124 valence electrons. The molecule has 24 heavy (non-hydrogen) atoms. The number of aliphatic imine (C=N–C) groups is 1. The molecular weight excluding hydrogens is 346 g/mol. The van der Waals surface area contributed by atoms with Crippen molar-refractivity contribution in [1.29, 1.82) is 0 Å². The molecule has 1 aromatic carbocycles. The summed E-state index contributed by atoms with van der Waals surface area (Å²) in [6, 6.07) is 11.4. The van der Waals surface area contributed by atoms with Crippen molar-refractivity contribution in [3.63, 3.8) is 0 Å². The average molecular weight is 362 g/mol. The number of guanidine groups is 1. The Labute approximate surface area is 148 Å². The Morgan fingerprint density at radius 1 is 1.33 bits per heavy atom. The maximum atomic E-state index is 5.96. The van der Waals surface area contributed by atoms with E-state index in [1.54, 1.807) is 23.5 Å². The number of nitrogens with zero attached hydrogens (tertiary/aromatic N) is 3. The second-order valence-electron chi connectivity index (χ2n) is 4.98. The summed E-state index contributed by atoms with van der Waals surface area (Å²) < 4.78 is 5.18. The minimum Gasteiger partial charge on any atom is -0.370 e. The second-order valence-corrected chi connectivity index (χ2v) is 6.45. The molecule has 0 aliphatic rings. The molecule has 0 aliphatic heterocycles. The standard InChI is InChI=1S/C16H16ClN5OS/c17-12-4-1-3-11(9-12)15-21-14(23-22-15)10-20-16(18)19-7-6-13-5-2-8-24-13/h1-5,8-9H,6-7,10H2,(H3,18,19,20). The van der Waals surface area contributed by atoms with Gasteiger partial charge in [0.1, 0.15) is 6.54 Å². The second kappa shape index (κ2) is 7.94. The summed E-state index contributed by atoms with van der Waals surface area (Å²) in [6.45, 7) is 0.957. The third-order valence-corrected chi connectivity index (χ3v) is 4.36. The largest absolute Gasteiger partial charge is 0.370 e. The maximum absolute atomic E-state index is 5.96. The Kier molecular flexibility index (Phi) is 5.45. The van der Waals surface area contributed by atoms with E-state index in [0.29, 0.717) is 22.7 Å². The van der Waals surface area contributed by atoms with Gasteiger partial charge in [0, 0.05) is 22.0 Å². The Morgan fingerprint density at radius 2 is 2.25 bits per heavy atom. The molecule has 0 atom stereocenters. The zero-order valence-corrected chi connectivity index (χ0v) is 14.3. The minimum absolute atomic E-state index is 0.228. The van der Waals surface area contributed by atoms with Gasteiger partial charge < -0.3 is 15.6 Å². The van der Waals surface area contributed by atoms with E-state index in [4.69, 9.17) is 21.9 Å². The van der Waals surface area contributed by atoms with Gasteiger partial charge >= 0.3 is 0 Å². The van der Waals surface area contributed by atoms with Crippen LogP contribution in [0.2, 0.25) is 5.02 Å². The van der Waals surface area contributed by atoms with Gasteiger partial charge in [0.2, 0.25) is 11.7 Å². The fourth-order valence-electron chi connectivity index (χ4n) is 2.04. The van der Waals surface area contributed by atoms with Gasteiger partial charge in [-0.3, -0.25) is 0 Å². The fourth-order valence-corrected chi connectivity index (χ4v) is 2.94. The molecule has 0 saturated carbocycles. The Bertz CT molecular complexity index is 816. The third-order valence-electron chi connectivity index (χ3n) is 3.19. The smallest absolute Gasteiger partial charge is 0.248 e. The van der Waals surface area contributed by atoms with Crippen LogP contribution in [0.3, 0.4) is 0 Å². The Morgan fingerprint density at radius 3 is 3.04 bits per heavy atom. The van der Waals surface area contributed by atoms with Crippen LogP contribution in [0.15, 0.2) is 51.3 Å². The number of benzene rings is 1. The first-order valence-electron chi connectivity index (χ1n) is 7.35. The lowest BCUT2D eigenvalue weighted by Crippen LogP contribution is -2.33. The SMILES string of the molecule is NC(=NCc1nc(-c2cccc(Cl)c2)no1)NCCc1cccs1. The number of hydrogen-bond acceptors (Lipinski definition) is 5. The van der Waals surface area contributed by atoms with Crippen LogP contribution >= 0.6 is 22.9 Å². The van der Waals surface area contributed by atoms with Crippen LogP contribution < -0.4 is 11.1 Å². The average Bonchev–Trinajstić information content (AvgIpc) is 3.25. The van der Waals surface area contributed by atoms with Gasteiger partial charge in [0.05, 0.1) is 0 Å². The molecule has 0 aliphatic carbocycles. The van der Waals surface area contributed by atoms with Gasteiger partial charge in [-0.25, -0.2) is 4.99 Å². The molecule has 3 aromatic rings. The predicted octanol–water partition coefficient (Wildman–Crippen LogP) is 3.10. The van der Waals surface area contributed by atoms with E-state index in [9.17, 15) is 0 Å². The van der Waals surface area contributed by atoms with Crippen LogP contribution in [0, 0.1) is 0 Å². The van der Waals surface area contributed by atoms with E-state index in [1.165, 1.54) is 4.88 Å². The summed E-state index contributed by atoms with van der Waals surface area (Å²) in [4.78, 5) is 9.80. The zero-order chi connectivity index (χ0) is 16.8. The summed E-state index contributed by atoms with van der Waals surface area (Å²) in [5, 5.41) is 9.67. The molecule has 3 rings (SSSR count). The highest BCUT2D eigenvalue weighted by Gasteiger charge is 2.08. The fraction of sp³-hybridized carbons (Fsp3) is 0.188. The van der Waals surface area contributed by atoms with Gasteiger partial charge in [-0.2, -0.15) is 4.98 Å². The highest BCUT2D eigenvalue weighted by molar-refractivity contribution is 7.09. The lowest BCUT2D eigenvalue weighted by Gasteiger charge is -2.03. The summed E-state index contributed by atoms with van der Waals surface area (Å²) in [6.07, 6.45) is 0.910. The molecule has 8 heteroatoms. The van der Waals surface area contributed by atoms with Crippen LogP contribution in [0.5, 0.6) is 0 Å². The molecule has 0 bridgehead atoms. The van der Waals surface area contributed by atoms with Gasteiger partial charge in [0.15, 0.2) is 5.96 Å². The highest BCUT2D eigenvalue weighted by atomic mass is 35.5. The molecule has 0 unspecified atom stereocenters. The highest BCUT2D eigenvalue weighted by Crippen LogP contribution is 2.20. The van der Waals surface area contributed by atoms with Crippen molar-refractivity contribution in [3.05, 3.63) is 57.6 Å². The van der Waals surface area contributed by atoms with Crippen molar-refractivity contribution >= 4 is 28.9 Å². The Hall–Kier alpha value is -2.38. The monoisotopic (exact) mass is 361 g/mol. The van der Waals surface area contributed by atoms with Crippen LogP contribution in [0.4, 0.5) is 0 Å². The molecular formula is C16H16ClN5OS. The topological polar surface area (TPSA) is 89.3 Å². The zero-order valence-electron chi connectivity index (χ0n) is 12.8. The number of thiophene rings is 1. The maximum Gasteiger partial charge on any atom is 0.248 e. The summed E-state index contributed by atoms with van der Waals surface area (Å²) in [5.74, 6) is 1.23. The van der Waals surface area contributed by atoms with Crippen molar-refractivity contribution in [1.82, 2.24) is 15.5 Å². The van der Waals surface area contributed by atoms with E-state index in [0.717, 1.165) is 18.5 Å². The van der Waals surface area contributed by atoms with E-state index in [-0.39, 0.29) is 6.54 Å². The van der Waals surface area contributed by atoms with E-state index in [2.05, 4.69) is 31.9 Å². The molecule has 0 radical (unpaired) electrons. The normalized spacial score (nSPS) is 11.6. The first-order valence-corrected chi connectivity index (χ1v) is 8.61. The van der Waals surface area contributed by atoms with Crippen LogP contribution in [0.25, 0.3) is 11.4 Å². The first-order chi connectivity index (χ1) is 11.7. The molecule has 2 heterocycles. The van der Waals surface area contributed by atoms with Gasteiger partial charge in [-0.15, -0.1) is 11.3 Å². The van der Waals surface area contributed by atoms with Crippen molar-refractivity contribution in [2.45, 2.75) is 13.0 Å². The molecule has 0 spiro atoms. The molecule has 3 N–H and O–H groups in total. The number of rotatable bonds is 6. The quantitative estimate of drug-likeness (QED) is 0.520. The molecule has 2 aromatic heterocycles. The van der Waals surface area contributed by atoms with Crippen molar-refractivity contribution in [3.8, 4) is 11.4 Å². The summed E-state index contributed by atoms with van der Waals surface area (Å²) in [7, 11) is 0. The van der Waals surface area contributed by atoms with Crippen molar-refractivity contribution < 1.29 is 4.52 Å². The first kappa shape index (κ1) is 16.5. The lowest BCUT2D eigenvalue weighted by molar-refractivity contribution is 0.381. The van der Waals surface area contributed by atoms with Crippen LogP contribution in [-0.2, 0) is 13.0 Å². The van der Waals surface area contributed by atoms with Crippen LogP contribution in [-0.4, -0.2) is 22.6 Å². The van der Waals surface area contributed by atoms with E-state index in [1.807, 2.05) is 18.2 Å². The third kappa shape index (κ3) is 4.56. The lowest BCUT2D eigenvalue weighted by atomic mass is 10.2. The number of aromatic nitrogens is 2. The number of nitrogens with two attached hydrogens (primary N) is 1. The van der Waals surface area contributed by atoms with Crippen molar-refractivity contribution in [2.75, 3.05) is 6.54 Å². The van der Waals surface area contributed by atoms with Gasteiger partial charge in [0.25, 0.3) is 0 Å². The molecule has 0 fully saturated rings. The molecule has 0 saturated heterocycles. The molecule has 0 amide bonds. The summed E-state index contributed by atoms with van der Waals surface area (Å²) >= 11 is 7.68. The Balaban J connectivity index is 1.52. The predicted molar refractivity (Wildman–Crippen MR) is 96.1 cm³/mol. The number of nitrogens with one attached hydrogen (secondary N) is 1. The molecule has 6 nitrogen and oxygen atoms in total. The van der Waals surface area contributed by atoms with Gasteiger partial charge in [-0.1, -0.05) is 35.0 Å². The summed E-state index contributed by atoms with van der Waals surface area (Å²) in [5.41, 5.74) is 6.63. The number of halogens is 1. The number of hydrogen-bond donors (Lipinski definition) is 2. The van der Waals surface area contributed by atoms with E-state index < -0.39 is 0 Å².